The van der Waals surface area contributed by atoms with Crippen LogP contribution in [0.2, 0.25) is 5.02 Å². The van der Waals surface area contributed by atoms with Crippen molar-refractivity contribution < 1.29 is 13.2 Å². The molecule has 0 fully saturated rings. The molecule has 0 aliphatic carbocycles. The third kappa shape index (κ3) is 4.17. The fraction of sp³-hybridized carbons (Fsp3) is 0.364. The van der Waals surface area contributed by atoms with E-state index in [1.165, 1.54) is 19.2 Å². The second-order valence-corrected chi connectivity index (χ2v) is 7.13. The highest BCUT2D eigenvalue weighted by molar-refractivity contribution is 9.10. The van der Waals surface area contributed by atoms with Crippen molar-refractivity contribution in [3.63, 3.8) is 0 Å². The van der Waals surface area contributed by atoms with Gasteiger partial charge in [-0.3, -0.25) is 4.79 Å². The van der Waals surface area contributed by atoms with Gasteiger partial charge in [-0.1, -0.05) is 27.5 Å². The maximum absolute atomic E-state index is 12.3. The number of nitrogens with zero attached hydrogens (tertiary/aromatic N) is 1. The first kappa shape index (κ1) is 16.4. The molecule has 19 heavy (non-hydrogen) atoms. The summed E-state index contributed by atoms with van der Waals surface area (Å²) in [5, 5.41) is 2.65. The van der Waals surface area contributed by atoms with E-state index in [0.717, 1.165) is 4.31 Å². The fourth-order valence-corrected chi connectivity index (χ4v) is 3.53. The molecule has 106 valence electrons. The highest BCUT2D eigenvalue weighted by Crippen LogP contribution is 2.27. The first-order valence-corrected chi connectivity index (χ1v) is 8.08. The minimum Gasteiger partial charge on any atom is -0.355 e. The number of carbonyl (C=O) groups excluding carboxylic acids is 1. The van der Waals surface area contributed by atoms with Crippen LogP contribution >= 0.6 is 27.5 Å². The van der Waals surface area contributed by atoms with E-state index in [4.69, 9.17) is 11.6 Å². The van der Waals surface area contributed by atoms with Crippen molar-refractivity contribution in [3.05, 3.63) is 27.7 Å². The monoisotopic (exact) mass is 368 g/mol. The first-order chi connectivity index (χ1) is 8.78. The fourth-order valence-electron chi connectivity index (χ4n) is 1.39. The van der Waals surface area contributed by atoms with Gasteiger partial charge in [0.15, 0.2) is 0 Å². The average Bonchev–Trinajstić information content (AvgIpc) is 2.28. The van der Waals surface area contributed by atoms with Crippen molar-refractivity contribution in [1.82, 2.24) is 9.62 Å². The van der Waals surface area contributed by atoms with Crippen molar-refractivity contribution in [2.45, 2.75) is 11.8 Å². The summed E-state index contributed by atoms with van der Waals surface area (Å²) in [6, 6.07) is 4.48. The number of rotatable bonds is 5. The van der Waals surface area contributed by atoms with Gasteiger partial charge in [0.1, 0.15) is 4.90 Å². The van der Waals surface area contributed by atoms with Gasteiger partial charge in [-0.2, -0.15) is 4.31 Å². The molecule has 1 N–H and O–H groups in total. The van der Waals surface area contributed by atoms with E-state index >= 15 is 0 Å². The summed E-state index contributed by atoms with van der Waals surface area (Å²) in [7, 11) is -2.44. The molecule has 0 radical (unpaired) electrons. The zero-order chi connectivity index (χ0) is 14.6. The van der Waals surface area contributed by atoms with Crippen LogP contribution in [0.25, 0.3) is 0 Å². The van der Waals surface area contributed by atoms with Gasteiger partial charge in [0, 0.05) is 18.1 Å². The lowest BCUT2D eigenvalue weighted by Gasteiger charge is -2.17. The highest BCUT2D eigenvalue weighted by Gasteiger charge is 2.25. The number of hydrogen-bond donors (Lipinski definition) is 1. The number of carbonyl (C=O) groups is 1. The largest absolute Gasteiger partial charge is 0.355 e. The topological polar surface area (TPSA) is 66.5 Å². The van der Waals surface area contributed by atoms with Crippen molar-refractivity contribution in [1.29, 1.82) is 0 Å². The van der Waals surface area contributed by atoms with Gasteiger partial charge >= 0.3 is 0 Å². The van der Waals surface area contributed by atoms with Gasteiger partial charge in [0.25, 0.3) is 0 Å². The molecule has 1 aromatic rings. The molecule has 0 unspecified atom stereocenters. The van der Waals surface area contributed by atoms with Crippen molar-refractivity contribution >= 4 is 43.5 Å². The predicted octanol–water partition coefficient (Wildman–Crippen LogP) is 1.86. The normalized spacial score (nSPS) is 11.6. The molecule has 0 heterocycles. The lowest BCUT2D eigenvalue weighted by molar-refractivity contribution is -0.121. The third-order valence-corrected chi connectivity index (χ3v) is 5.10. The number of sulfonamides is 1. The van der Waals surface area contributed by atoms with E-state index < -0.39 is 10.0 Å². The molecule has 5 nitrogen and oxygen atoms in total. The van der Waals surface area contributed by atoms with Crippen LogP contribution < -0.4 is 5.32 Å². The Morgan fingerprint density at radius 1 is 1.47 bits per heavy atom. The molecule has 0 bridgehead atoms. The molecule has 0 atom stereocenters. The van der Waals surface area contributed by atoms with Gasteiger partial charge in [-0.05, 0) is 25.1 Å². The molecular formula is C11H14BrClN2O3S. The van der Waals surface area contributed by atoms with Crippen LogP contribution in [0.4, 0.5) is 0 Å². The Hall–Kier alpha value is -0.630. The highest BCUT2D eigenvalue weighted by atomic mass is 79.9. The summed E-state index contributed by atoms with van der Waals surface area (Å²) in [6.45, 7) is 1.96. The van der Waals surface area contributed by atoms with E-state index in [-0.39, 0.29) is 22.4 Å². The Balaban J connectivity index is 3.00. The average molecular weight is 370 g/mol. The Labute approximate surface area is 126 Å². The van der Waals surface area contributed by atoms with Crippen LogP contribution in [0.3, 0.4) is 0 Å². The molecule has 0 saturated heterocycles. The van der Waals surface area contributed by atoms with Crippen molar-refractivity contribution in [3.8, 4) is 0 Å². The Bertz CT molecular complexity index is 577. The van der Waals surface area contributed by atoms with E-state index in [1.54, 1.807) is 13.0 Å². The quantitative estimate of drug-likeness (QED) is 0.861. The summed E-state index contributed by atoms with van der Waals surface area (Å²) in [6.07, 6.45) is 0. The molecule has 8 heteroatoms. The zero-order valence-electron chi connectivity index (χ0n) is 10.5. The Morgan fingerprint density at radius 2 is 2.11 bits per heavy atom. The summed E-state index contributed by atoms with van der Waals surface area (Å²) in [4.78, 5) is 11.4. The molecule has 0 spiro atoms. The van der Waals surface area contributed by atoms with Gasteiger partial charge < -0.3 is 5.32 Å². The second-order valence-electron chi connectivity index (χ2n) is 3.79. The molecule has 0 aliphatic heterocycles. The molecule has 0 aromatic heterocycles. The molecule has 1 amide bonds. The van der Waals surface area contributed by atoms with Crippen molar-refractivity contribution in [2.24, 2.45) is 0 Å². The second kappa shape index (κ2) is 6.69. The SMILES string of the molecule is CCNC(=O)CN(C)S(=O)(=O)c1ccc(Br)cc1Cl. The van der Waals surface area contributed by atoms with E-state index in [9.17, 15) is 13.2 Å². The van der Waals surface area contributed by atoms with E-state index in [1.807, 2.05) is 0 Å². The molecule has 1 rings (SSSR count). The van der Waals surface area contributed by atoms with E-state index in [2.05, 4.69) is 21.2 Å². The Kier molecular flexibility index (Phi) is 5.79. The zero-order valence-corrected chi connectivity index (χ0v) is 13.6. The van der Waals surface area contributed by atoms with Gasteiger partial charge in [-0.25, -0.2) is 8.42 Å². The first-order valence-electron chi connectivity index (χ1n) is 5.47. The van der Waals surface area contributed by atoms with Crippen LogP contribution in [0, 0.1) is 0 Å². The summed E-state index contributed by atoms with van der Waals surface area (Å²) < 4.78 is 26.1. The number of nitrogens with one attached hydrogen (secondary N) is 1. The number of hydrogen-bond acceptors (Lipinski definition) is 3. The minimum atomic E-state index is -3.78. The maximum Gasteiger partial charge on any atom is 0.244 e. The summed E-state index contributed by atoms with van der Waals surface area (Å²) >= 11 is 9.12. The van der Waals surface area contributed by atoms with Gasteiger partial charge in [-0.15, -0.1) is 0 Å². The van der Waals surface area contributed by atoms with Crippen molar-refractivity contribution in [2.75, 3.05) is 20.1 Å². The Morgan fingerprint density at radius 3 is 2.63 bits per heavy atom. The molecule has 0 aliphatic rings. The van der Waals surface area contributed by atoms with Crippen LogP contribution in [-0.4, -0.2) is 38.8 Å². The lowest BCUT2D eigenvalue weighted by Crippen LogP contribution is -2.38. The van der Waals surface area contributed by atoms with Crippen LogP contribution in [0.5, 0.6) is 0 Å². The smallest absolute Gasteiger partial charge is 0.244 e. The minimum absolute atomic E-state index is 0.0239. The molecule has 0 saturated carbocycles. The van der Waals surface area contributed by atoms with Gasteiger partial charge in [0.2, 0.25) is 15.9 Å². The van der Waals surface area contributed by atoms with E-state index in [0.29, 0.717) is 11.0 Å². The number of amides is 1. The predicted molar refractivity (Wildman–Crippen MR) is 77.7 cm³/mol. The summed E-state index contributed by atoms with van der Waals surface area (Å²) in [5.74, 6) is -0.359. The third-order valence-electron chi connectivity index (χ3n) is 2.32. The number of halogens is 2. The van der Waals surface area contributed by atoms with Crippen LogP contribution in [0.1, 0.15) is 6.92 Å². The van der Waals surface area contributed by atoms with Crippen LogP contribution in [0.15, 0.2) is 27.6 Å². The maximum atomic E-state index is 12.3. The standard InChI is InChI=1S/C11H14BrClN2O3S/c1-3-14-11(16)7-15(2)19(17,18)10-5-4-8(12)6-9(10)13/h4-6H,3,7H2,1-2H3,(H,14,16). The summed E-state index contributed by atoms with van der Waals surface area (Å²) in [5.41, 5.74) is 0. The lowest BCUT2D eigenvalue weighted by atomic mass is 10.4. The molecule has 1 aromatic carbocycles. The number of likely N-dealkylation sites (N-methyl/N-ethyl adjacent to an activating group) is 2. The number of benzene rings is 1. The molecular weight excluding hydrogens is 356 g/mol. The van der Waals surface area contributed by atoms with Crippen LogP contribution in [-0.2, 0) is 14.8 Å². The van der Waals surface area contributed by atoms with Gasteiger partial charge in [0.05, 0.1) is 11.6 Å².